The van der Waals surface area contributed by atoms with Crippen LogP contribution in [0.15, 0.2) is 35.1 Å². The molecule has 0 radical (unpaired) electrons. The lowest BCUT2D eigenvalue weighted by Crippen LogP contribution is -2.29. The van der Waals surface area contributed by atoms with Crippen LogP contribution in [0.4, 0.5) is 10.5 Å². The summed E-state index contributed by atoms with van der Waals surface area (Å²) in [7, 11) is 1.39. The Labute approximate surface area is 103 Å². The van der Waals surface area contributed by atoms with Crippen molar-refractivity contribution in [3.8, 4) is 5.75 Å². The summed E-state index contributed by atoms with van der Waals surface area (Å²) in [6.45, 7) is 1.66. The van der Waals surface area contributed by atoms with Gasteiger partial charge in [-0.1, -0.05) is 18.2 Å². The molecule has 0 fully saturated rings. The molecule has 0 bridgehead atoms. The van der Waals surface area contributed by atoms with E-state index in [4.69, 9.17) is 4.74 Å². The number of aromatic nitrogens is 2. The van der Waals surface area contributed by atoms with Gasteiger partial charge in [0.15, 0.2) is 0 Å². The lowest BCUT2D eigenvalue weighted by molar-refractivity contribution is 0.250. The van der Waals surface area contributed by atoms with Gasteiger partial charge in [-0.25, -0.2) is 4.79 Å². The van der Waals surface area contributed by atoms with E-state index in [1.807, 2.05) is 6.07 Å². The zero-order chi connectivity index (χ0) is 13.1. The average Bonchev–Trinajstić information content (AvgIpc) is 2.65. The van der Waals surface area contributed by atoms with Crippen molar-refractivity contribution in [3.05, 3.63) is 46.4 Å². The molecule has 94 valence electrons. The first kappa shape index (κ1) is 12.0. The van der Waals surface area contributed by atoms with Crippen LogP contribution in [-0.2, 0) is 0 Å². The number of H-pyrrole nitrogens is 1. The van der Waals surface area contributed by atoms with Gasteiger partial charge in [0, 0.05) is 5.69 Å². The third kappa shape index (κ3) is 2.13. The van der Waals surface area contributed by atoms with Gasteiger partial charge in [-0.2, -0.15) is 4.68 Å². The monoisotopic (exact) mass is 247 g/mol. The molecular formula is C12H13N3O3. The number of rotatable bonds is 2. The molecule has 18 heavy (non-hydrogen) atoms. The van der Waals surface area contributed by atoms with E-state index in [9.17, 15) is 9.59 Å². The van der Waals surface area contributed by atoms with E-state index in [0.717, 1.165) is 4.68 Å². The zero-order valence-electron chi connectivity index (χ0n) is 10.1. The van der Waals surface area contributed by atoms with E-state index < -0.39 is 11.6 Å². The SMILES string of the molecule is COc1c(C)[nH]n(C(=O)Nc2ccccc2)c1=O. The normalized spacial score (nSPS) is 10.1. The molecule has 0 aliphatic rings. The number of ether oxygens (including phenoxy) is 1. The van der Waals surface area contributed by atoms with Gasteiger partial charge in [-0.15, -0.1) is 0 Å². The van der Waals surface area contributed by atoms with Gasteiger partial charge < -0.3 is 10.1 Å². The molecule has 6 heteroatoms. The standard InChI is InChI=1S/C12H13N3O3/c1-8-10(18-2)11(16)15(14-8)12(17)13-9-6-4-3-5-7-9/h3-7,14H,1-2H3,(H,13,17). The fourth-order valence-corrected chi connectivity index (χ4v) is 1.62. The second kappa shape index (κ2) is 4.79. The number of aromatic amines is 1. The Hall–Kier alpha value is -2.50. The lowest BCUT2D eigenvalue weighted by Gasteiger charge is -2.03. The van der Waals surface area contributed by atoms with Gasteiger partial charge in [0.2, 0.25) is 5.75 Å². The van der Waals surface area contributed by atoms with Gasteiger partial charge in [0.1, 0.15) is 0 Å². The van der Waals surface area contributed by atoms with Crippen molar-refractivity contribution in [1.29, 1.82) is 0 Å². The minimum atomic E-state index is -0.558. The van der Waals surface area contributed by atoms with Crippen LogP contribution in [-0.4, -0.2) is 22.9 Å². The topological polar surface area (TPSA) is 76.1 Å². The summed E-state index contributed by atoms with van der Waals surface area (Å²) >= 11 is 0. The molecule has 6 nitrogen and oxygen atoms in total. The average molecular weight is 247 g/mol. The molecule has 0 saturated heterocycles. The number of anilines is 1. The predicted molar refractivity (Wildman–Crippen MR) is 67.2 cm³/mol. The molecule has 0 spiro atoms. The van der Waals surface area contributed by atoms with E-state index in [2.05, 4.69) is 10.4 Å². The Morgan fingerprint density at radius 3 is 2.56 bits per heavy atom. The first-order valence-electron chi connectivity index (χ1n) is 5.35. The van der Waals surface area contributed by atoms with Crippen LogP contribution in [0.25, 0.3) is 0 Å². The second-order valence-corrected chi connectivity index (χ2v) is 3.71. The summed E-state index contributed by atoms with van der Waals surface area (Å²) < 4.78 is 5.79. The highest BCUT2D eigenvalue weighted by molar-refractivity contribution is 5.90. The zero-order valence-corrected chi connectivity index (χ0v) is 10.1. The molecule has 2 aromatic rings. The van der Waals surface area contributed by atoms with Crippen LogP contribution >= 0.6 is 0 Å². The van der Waals surface area contributed by atoms with Crippen molar-refractivity contribution in [1.82, 2.24) is 9.78 Å². The van der Waals surface area contributed by atoms with Crippen molar-refractivity contribution in [2.24, 2.45) is 0 Å². The summed E-state index contributed by atoms with van der Waals surface area (Å²) in [6.07, 6.45) is 0. The molecule has 0 atom stereocenters. The maximum absolute atomic E-state index is 11.9. The van der Waals surface area contributed by atoms with Crippen molar-refractivity contribution in [2.45, 2.75) is 6.92 Å². The molecule has 0 saturated carbocycles. The molecule has 1 aromatic carbocycles. The van der Waals surface area contributed by atoms with Gasteiger partial charge in [0.05, 0.1) is 12.8 Å². The third-order valence-corrected chi connectivity index (χ3v) is 2.45. The molecule has 1 amide bonds. The Bertz CT molecular complexity index is 613. The van der Waals surface area contributed by atoms with Crippen LogP contribution in [0.1, 0.15) is 5.69 Å². The number of para-hydroxylation sites is 1. The van der Waals surface area contributed by atoms with Gasteiger partial charge in [0.25, 0.3) is 0 Å². The van der Waals surface area contributed by atoms with Crippen molar-refractivity contribution in [2.75, 3.05) is 12.4 Å². The molecule has 1 heterocycles. The fraction of sp³-hybridized carbons (Fsp3) is 0.167. The number of carbonyl (C=O) groups is 1. The van der Waals surface area contributed by atoms with Crippen LogP contribution < -0.4 is 15.6 Å². The molecule has 0 aliphatic heterocycles. The Morgan fingerprint density at radius 1 is 1.33 bits per heavy atom. The predicted octanol–water partition coefficient (Wildman–Crippen LogP) is 1.57. The maximum Gasteiger partial charge on any atom is 0.348 e. The lowest BCUT2D eigenvalue weighted by atomic mass is 10.3. The van der Waals surface area contributed by atoms with Crippen molar-refractivity contribution >= 4 is 11.7 Å². The van der Waals surface area contributed by atoms with E-state index in [1.54, 1.807) is 31.2 Å². The number of aryl methyl sites for hydroxylation is 1. The second-order valence-electron chi connectivity index (χ2n) is 3.71. The minimum Gasteiger partial charge on any atom is -0.490 e. The Kier molecular flexibility index (Phi) is 3.18. The van der Waals surface area contributed by atoms with Crippen molar-refractivity contribution < 1.29 is 9.53 Å². The van der Waals surface area contributed by atoms with Gasteiger partial charge in [-0.3, -0.25) is 9.89 Å². The molecule has 2 N–H and O–H groups in total. The van der Waals surface area contributed by atoms with Gasteiger partial charge >= 0.3 is 11.6 Å². The number of hydrogen-bond donors (Lipinski definition) is 2. The highest BCUT2D eigenvalue weighted by Gasteiger charge is 2.16. The summed E-state index contributed by atoms with van der Waals surface area (Å²) in [4.78, 5) is 23.7. The number of benzene rings is 1. The molecule has 2 rings (SSSR count). The highest BCUT2D eigenvalue weighted by Crippen LogP contribution is 2.09. The third-order valence-electron chi connectivity index (χ3n) is 2.45. The fourth-order valence-electron chi connectivity index (χ4n) is 1.62. The number of carbonyl (C=O) groups excluding carboxylic acids is 1. The number of nitrogens with one attached hydrogen (secondary N) is 2. The summed E-state index contributed by atoms with van der Waals surface area (Å²) in [5, 5.41) is 5.25. The quantitative estimate of drug-likeness (QED) is 0.845. The van der Waals surface area contributed by atoms with E-state index in [0.29, 0.717) is 11.4 Å². The number of methoxy groups -OCH3 is 1. The minimum absolute atomic E-state index is 0.137. The first-order chi connectivity index (χ1) is 8.63. The van der Waals surface area contributed by atoms with Crippen LogP contribution in [0.3, 0.4) is 0 Å². The van der Waals surface area contributed by atoms with Crippen LogP contribution in [0.2, 0.25) is 0 Å². The van der Waals surface area contributed by atoms with Crippen LogP contribution in [0, 0.1) is 6.92 Å². The smallest absolute Gasteiger partial charge is 0.348 e. The van der Waals surface area contributed by atoms with E-state index in [-0.39, 0.29) is 5.75 Å². The van der Waals surface area contributed by atoms with E-state index in [1.165, 1.54) is 7.11 Å². The molecule has 0 unspecified atom stereocenters. The van der Waals surface area contributed by atoms with Crippen molar-refractivity contribution in [3.63, 3.8) is 0 Å². The maximum atomic E-state index is 11.9. The number of amides is 1. The van der Waals surface area contributed by atoms with E-state index >= 15 is 0 Å². The summed E-state index contributed by atoms with van der Waals surface area (Å²) in [6, 6.07) is 8.32. The Morgan fingerprint density at radius 2 is 2.00 bits per heavy atom. The molecular weight excluding hydrogens is 234 g/mol. The van der Waals surface area contributed by atoms with Crippen LogP contribution in [0.5, 0.6) is 5.75 Å². The summed E-state index contributed by atoms with van der Waals surface area (Å²) in [5.74, 6) is 0.137. The first-order valence-corrected chi connectivity index (χ1v) is 5.35. The Balaban J connectivity index is 2.28. The highest BCUT2D eigenvalue weighted by atomic mass is 16.5. The number of hydrogen-bond acceptors (Lipinski definition) is 3. The molecule has 0 aliphatic carbocycles. The largest absolute Gasteiger partial charge is 0.490 e. The summed E-state index contributed by atoms with van der Waals surface area (Å²) in [5.41, 5.74) is 0.606. The molecule has 1 aromatic heterocycles. The van der Waals surface area contributed by atoms with Gasteiger partial charge in [-0.05, 0) is 19.1 Å². The number of nitrogens with zero attached hydrogens (tertiary/aromatic N) is 1.